The van der Waals surface area contributed by atoms with E-state index in [1.165, 1.54) is 0 Å². The summed E-state index contributed by atoms with van der Waals surface area (Å²) in [6.07, 6.45) is 0.972. The number of halogens is 1. The Balaban J connectivity index is 1.47. The van der Waals surface area contributed by atoms with Crippen molar-refractivity contribution < 1.29 is 19.0 Å². The molecule has 0 fully saturated rings. The summed E-state index contributed by atoms with van der Waals surface area (Å²) >= 11 is 6.20. The number of aromatic nitrogens is 2. The molecular weight excluding hydrogens is 420 g/mol. The van der Waals surface area contributed by atoms with Gasteiger partial charge in [-0.15, -0.1) is 0 Å². The Morgan fingerprint density at radius 2 is 2.00 bits per heavy atom. The summed E-state index contributed by atoms with van der Waals surface area (Å²) in [5.41, 5.74) is 1.79. The number of esters is 1. The van der Waals surface area contributed by atoms with Crippen molar-refractivity contribution in [3.8, 4) is 11.5 Å². The van der Waals surface area contributed by atoms with Crippen molar-refractivity contribution in [3.63, 3.8) is 0 Å². The fraction of sp³-hybridized carbons (Fsp3) is 0.318. The van der Waals surface area contributed by atoms with Crippen molar-refractivity contribution in [2.45, 2.75) is 26.3 Å². The zero-order valence-electron chi connectivity index (χ0n) is 17.1. The maximum absolute atomic E-state index is 11.5. The summed E-state index contributed by atoms with van der Waals surface area (Å²) in [4.78, 5) is 20.7. The first-order valence-electron chi connectivity index (χ1n) is 10.1. The van der Waals surface area contributed by atoms with Gasteiger partial charge in [0.05, 0.1) is 12.1 Å². The van der Waals surface area contributed by atoms with Crippen molar-refractivity contribution in [2.75, 3.05) is 30.6 Å². The number of nitrogens with zero attached hydrogens (tertiary/aromatic N) is 2. The third-order valence-corrected chi connectivity index (χ3v) is 4.94. The number of carbonyl (C=O) groups excluding carboxylic acids is 1. The lowest BCUT2D eigenvalue weighted by Crippen LogP contribution is -2.11. The molecule has 2 heterocycles. The Morgan fingerprint density at radius 3 is 2.87 bits per heavy atom. The van der Waals surface area contributed by atoms with Crippen LogP contribution >= 0.6 is 11.6 Å². The number of anilines is 2. The van der Waals surface area contributed by atoms with Crippen LogP contribution in [0, 0.1) is 0 Å². The molecule has 0 aliphatic carbocycles. The minimum absolute atomic E-state index is 0.204. The second-order valence-corrected chi connectivity index (χ2v) is 7.37. The molecule has 0 saturated heterocycles. The highest BCUT2D eigenvalue weighted by Gasteiger charge is 2.14. The molecule has 0 bridgehead atoms. The van der Waals surface area contributed by atoms with Crippen LogP contribution < -0.4 is 20.1 Å². The monoisotopic (exact) mass is 442 g/mol. The van der Waals surface area contributed by atoms with Crippen LogP contribution in [0.1, 0.15) is 25.3 Å². The first kappa shape index (κ1) is 21.0. The van der Waals surface area contributed by atoms with Crippen LogP contribution in [0.15, 0.2) is 36.4 Å². The minimum atomic E-state index is -0.204. The van der Waals surface area contributed by atoms with Crippen LogP contribution in [0.2, 0.25) is 5.02 Å². The Kier molecular flexibility index (Phi) is 6.57. The van der Waals surface area contributed by atoms with Gasteiger partial charge in [0.25, 0.3) is 0 Å². The average Bonchev–Trinajstić information content (AvgIpc) is 3.23. The summed E-state index contributed by atoms with van der Waals surface area (Å²) in [5, 5.41) is 7.98. The Hall–Kier alpha value is -3.26. The van der Waals surface area contributed by atoms with Crippen LogP contribution in [-0.2, 0) is 16.1 Å². The number of hydrogen-bond donors (Lipinski definition) is 2. The van der Waals surface area contributed by atoms with Crippen LogP contribution in [0.25, 0.3) is 10.9 Å². The van der Waals surface area contributed by atoms with Crippen LogP contribution in [0.3, 0.4) is 0 Å². The normalized spacial score (nSPS) is 12.1. The molecule has 0 amide bonds. The van der Waals surface area contributed by atoms with E-state index in [2.05, 4.69) is 20.6 Å². The van der Waals surface area contributed by atoms with Gasteiger partial charge in [-0.3, -0.25) is 4.79 Å². The predicted molar refractivity (Wildman–Crippen MR) is 119 cm³/mol. The standard InChI is InChI=1S/C22H23ClN4O4/c1-2-29-20(28)4-3-9-24-22-26-17-7-6-15(23)11-16(17)21(27-22)25-12-14-5-8-18-19(10-14)31-13-30-18/h5-8,10-11H,2-4,9,12-13H2,1H3,(H2,24,25,26,27). The Bertz CT molecular complexity index is 1090. The quantitative estimate of drug-likeness (QED) is 0.372. The van der Waals surface area contributed by atoms with Crippen LogP contribution in [-0.4, -0.2) is 35.9 Å². The highest BCUT2D eigenvalue weighted by molar-refractivity contribution is 6.31. The van der Waals surface area contributed by atoms with Crippen LogP contribution in [0.5, 0.6) is 11.5 Å². The summed E-state index contributed by atoms with van der Waals surface area (Å²) in [5.74, 6) is 2.42. The van der Waals surface area contributed by atoms with Crippen molar-refractivity contribution in [3.05, 3.63) is 47.0 Å². The molecule has 3 aromatic rings. The van der Waals surface area contributed by atoms with E-state index in [1.807, 2.05) is 30.3 Å². The molecule has 2 aromatic carbocycles. The number of ether oxygens (including phenoxy) is 3. The van der Waals surface area contributed by atoms with Crippen LogP contribution in [0.4, 0.5) is 11.8 Å². The number of carbonyl (C=O) groups is 1. The molecule has 8 nitrogen and oxygen atoms in total. The van der Waals surface area contributed by atoms with Gasteiger partial charge in [0, 0.05) is 29.9 Å². The van der Waals surface area contributed by atoms with E-state index in [4.69, 9.17) is 25.8 Å². The lowest BCUT2D eigenvalue weighted by atomic mass is 10.2. The maximum Gasteiger partial charge on any atom is 0.305 e. The maximum atomic E-state index is 11.5. The van der Waals surface area contributed by atoms with E-state index >= 15 is 0 Å². The van der Waals surface area contributed by atoms with Crippen molar-refractivity contribution in [1.29, 1.82) is 0 Å². The molecule has 0 unspecified atom stereocenters. The highest BCUT2D eigenvalue weighted by Crippen LogP contribution is 2.33. The summed E-state index contributed by atoms with van der Waals surface area (Å²) < 4.78 is 15.8. The van der Waals surface area contributed by atoms with Crippen molar-refractivity contribution in [2.24, 2.45) is 0 Å². The van der Waals surface area contributed by atoms with Crippen molar-refractivity contribution in [1.82, 2.24) is 9.97 Å². The topological polar surface area (TPSA) is 94.6 Å². The predicted octanol–water partition coefficient (Wildman–Crippen LogP) is 4.38. The zero-order valence-corrected chi connectivity index (χ0v) is 17.9. The molecule has 0 radical (unpaired) electrons. The van der Waals surface area contributed by atoms with Gasteiger partial charge in [-0.25, -0.2) is 4.98 Å². The minimum Gasteiger partial charge on any atom is -0.466 e. The molecule has 31 heavy (non-hydrogen) atoms. The van der Waals surface area contributed by atoms with Gasteiger partial charge in [0.15, 0.2) is 11.5 Å². The number of benzene rings is 2. The smallest absolute Gasteiger partial charge is 0.305 e. The molecule has 9 heteroatoms. The number of rotatable bonds is 9. The molecule has 4 rings (SSSR count). The van der Waals surface area contributed by atoms with Gasteiger partial charge < -0.3 is 24.8 Å². The third kappa shape index (κ3) is 5.27. The first-order valence-corrected chi connectivity index (χ1v) is 10.5. The molecular formula is C22H23ClN4O4. The van der Waals surface area contributed by atoms with Crippen molar-refractivity contribution >= 4 is 40.2 Å². The fourth-order valence-electron chi connectivity index (χ4n) is 3.22. The second-order valence-electron chi connectivity index (χ2n) is 6.93. The number of fused-ring (bicyclic) bond motifs is 2. The SMILES string of the molecule is CCOC(=O)CCCNc1nc(NCc2ccc3c(c2)OCO3)c2cc(Cl)ccc2n1. The molecule has 0 spiro atoms. The Labute approximate surface area is 184 Å². The average molecular weight is 443 g/mol. The van der Waals surface area contributed by atoms with E-state index in [0.29, 0.717) is 49.3 Å². The lowest BCUT2D eigenvalue weighted by Gasteiger charge is -2.12. The fourth-order valence-corrected chi connectivity index (χ4v) is 3.39. The Morgan fingerprint density at radius 1 is 1.13 bits per heavy atom. The molecule has 1 aliphatic rings. The van der Waals surface area contributed by atoms with Gasteiger partial charge in [-0.05, 0) is 49.2 Å². The van der Waals surface area contributed by atoms with E-state index in [9.17, 15) is 4.79 Å². The molecule has 1 aliphatic heterocycles. The molecule has 0 atom stereocenters. The third-order valence-electron chi connectivity index (χ3n) is 4.70. The van der Waals surface area contributed by atoms with Gasteiger partial charge in [0.2, 0.25) is 12.7 Å². The van der Waals surface area contributed by atoms with Gasteiger partial charge in [0.1, 0.15) is 5.82 Å². The van der Waals surface area contributed by atoms with E-state index < -0.39 is 0 Å². The van der Waals surface area contributed by atoms with Gasteiger partial charge >= 0.3 is 5.97 Å². The van der Waals surface area contributed by atoms with E-state index in [1.54, 1.807) is 13.0 Å². The molecule has 1 aromatic heterocycles. The molecule has 0 saturated carbocycles. The first-order chi connectivity index (χ1) is 15.1. The van der Waals surface area contributed by atoms with E-state index in [-0.39, 0.29) is 12.8 Å². The summed E-state index contributed by atoms with van der Waals surface area (Å²) in [7, 11) is 0. The summed E-state index contributed by atoms with van der Waals surface area (Å²) in [6, 6.07) is 11.3. The molecule has 2 N–H and O–H groups in total. The number of nitrogens with one attached hydrogen (secondary N) is 2. The summed E-state index contributed by atoms with van der Waals surface area (Å²) in [6.45, 7) is 3.52. The lowest BCUT2D eigenvalue weighted by molar-refractivity contribution is -0.143. The number of hydrogen-bond acceptors (Lipinski definition) is 8. The largest absolute Gasteiger partial charge is 0.466 e. The van der Waals surface area contributed by atoms with Gasteiger partial charge in [-0.2, -0.15) is 4.98 Å². The highest BCUT2D eigenvalue weighted by atomic mass is 35.5. The second kappa shape index (κ2) is 9.70. The zero-order chi connectivity index (χ0) is 21.6. The van der Waals surface area contributed by atoms with Gasteiger partial charge in [-0.1, -0.05) is 17.7 Å². The molecule has 162 valence electrons. The van der Waals surface area contributed by atoms with E-state index in [0.717, 1.165) is 28.0 Å².